The van der Waals surface area contributed by atoms with Crippen molar-refractivity contribution in [3.63, 3.8) is 0 Å². The van der Waals surface area contributed by atoms with Gasteiger partial charge in [0.05, 0.1) is 17.0 Å². The number of rotatable bonds is 3. The fourth-order valence-electron chi connectivity index (χ4n) is 2.68. The third-order valence-corrected chi connectivity index (χ3v) is 4.06. The van der Waals surface area contributed by atoms with Gasteiger partial charge in [-0.15, -0.1) is 0 Å². The average Bonchev–Trinajstić information content (AvgIpc) is 3.04. The van der Waals surface area contributed by atoms with Crippen molar-refractivity contribution in [2.75, 3.05) is 0 Å². The summed E-state index contributed by atoms with van der Waals surface area (Å²) in [6, 6.07) is 12.0. The van der Waals surface area contributed by atoms with Crippen LogP contribution in [0.5, 0.6) is 5.75 Å². The Morgan fingerprint density at radius 1 is 1.00 bits per heavy atom. The first-order valence-corrected chi connectivity index (χ1v) is 7.82. The Bertz CT molecular complexity index is 898. The van der Waals surface area contributed by atoms with Crippen LogP contribution >= 0.6 is 0 Å². The quantitative estimate of drug-likeness (QED) is 0.649. The Labute approximate surface area is 143 Å². The number of phenolic OH excluding ortho intramolecular Hbond substituents is 1. The highest BCUT2D eigenvalue weighted by Gasteiger charge is 2.33. The molecule has 0 fully saturated rings. The van der Waals surface area contributed by atoms with Crippen LogP contribution in [0.15, 0.2) is 48.5 Å². The second kappa shape index (κ2) is 6.27. The number of aromatic hydroxyl groups is 1. The van der Waals surface area contributed by atoms with E-state index in [4.69, 9.17) is 0 Å². The lowest BCUT2D eigenvalue weighted by atomic mass is 9.98. The first-order chi connectivity index (χ1) is 11.8. The summed E-state index contributed by atoms with van der Waals surface area (Å²) < 4.78 is 39.6. The smallest absolute Gasteiger partial charge is 0.417 e. The highest BCUT2D eigenvalue weighted by atomic mass is 19.4. The molecule has 130 valence electrons. The van der Waals surface area contributed by atoms with Gasteiger partial charge >= 0.3 is 6.18 Å². The van der Waals surface area contributed by atoms with Crippen molar-refractivity contribution in [1.82, 2.24) is 10.2 Å². The lowest BCUT2D eigenvalue weighted by Gasteiger charge is -2.11. The Morgan fingerprint density at radius 2 is 1.72 bits per heavy atom. The molecule has 0 aliphatic carbocycles. The lowest BCUT2D eigenvalue weighted by molar-refractivity contribution is -0.137. The molecule has 0 unspecified atom stereocenters. The summed E-state index contributed by atoms with van der Waals surface area (Å²) in [6.45, 7) is 4.04. The fourth-order valence-corrected chi connectivity index (χ4v) is 2.68. The summed E-state index contributed by atoms with van der Waals surface area (Å²) in [5.41, 5.74) is 1.43. The molecule has 3 nitrogen and oxygen atoms in total. The van der Waals surface area contributed by atoms with Crippen molar-refractivity contribution >= 4 is 0 Å². The van der Waals surface area contributed by atoms with Crippen molar-refractivity contribution in [3.8, 4) is 28.3 Å². The molecule has 0 saturated heterocycles. The van der Waals surface area contributed by atoms with Gasteiger partial charge < -0.3 is 5.11 Å². The first-order valence-electron chi connectivity index (χ1n) is 7.82. The number of hydrogen-bond acceptors (Lipinski definition) is 2. The molecule has 0 aliphatic rings. The van der Waals surface area contributed by atoms with Crippen LogP contribution in [0, 0.1) is 0 Å². The fraction of sp³-hybridized carbons (Fsp3) is 0.211. The minimum absolute atomic E-state index is 0.0215. The molecular formula is C19H17F3N2O. The van der Waals surface area contributed by atoms with Gasteiger partial charge in [0.2, 0.25) is 0 Å². The molecule has 0 saturated carbocycles. The van der Waals surface area contributed by atoms with Crippen LogP contribution in [0.3, 0.4) is 0 Å². The van der Waals surface area contributed by atoms with E-state index in [0.717, 1.165) is 11.6 Å². The number of nitrogens with zero attached hydrogens (tertiary/aromatic N) is 1. The molecule has 0 amide bonds. The molecular weight excluding hydrogens is 329 g/mol. The highest BCUT2D eigenvalue weighted by molar-refractivity contribution is 5.74. The third kappa shape index (κ3) is 3.38. The highest BCUT2D eigenvalue weighted by Crippen LogP contribution is 2.38. The van der Waals surface area contributed by atoms with Gasteiger partial charge in [-0.1, -0.05) is 38.1 Å². The number of benzene rings is 2. The number of halogens is 3. The number of H-pyrrole nitrogens is 1. The standard InChI is InChI=1S/C19H17F3N2O/c1-11(2)12-7-8-18(25)14(9-12)17-10-16(23-24-17)13-5-3-4-6-15(13)19(20,21)22/h3-11,25H,1-2H3,(H,23,24). The number of hydrogen-bond donors (Lipinski definition) is 2. The van der Waals surface area contributed by atoms with E-state index >= 15 is 0 Å². The third-order valence-electron chi connectivity index (χ3n) is 4.06. The van der Waals surface area contributed by atoms with Gasteiger partial charge in [-0.2, -0.15) is 18.3 Å². The van der Waals surface area contributed by atoms with E-state index in [1.54, 1.807) is 18.2 Å². The van der Waals surface area contributed by atoms with Crippen LogP contribution in [-0.2, 0) is 6.18 Å². The molecule has 1 heterocycles. The predicted octanol–water partition coefficient (Wildman–Crippen LogP) is 5.59. The molecule has 25 heavy (non-hydrogen) atoms. The maximum Gasteiger partial charge on any atom is 0.417 e. The maximum absolute atomic E-state index is 13.2. The van der Waals surface area contributed by atoms with Gasteiger partial charge in [-0.05, 0) is 35.7 Å². The molecule has 0 spiro atoms. The number of alkyl halides is 3. The molecule has 0 atom stereocenters. The van der Waals surface area contributed by atoms with Gasteiger partial charge in [-0.3, -0.25) is 5.10 Å². The van der Waals surface area contributed by atoms with Gasteiger partial charge in [0.25, 0.3) is 0 Å². The van der Waals surface area contributed by atoms with E-state index in [0.29, 0.717) is 11.3 Å². The van der Waals surface area contributed by atoms with Gasteiger partial charge in [0.15, 0.2) is 0 Å². The van der Waals surface area contributed by atoms with Crippen molar-refractivity contribution in [3.05, 3.63) is 59.7 Å². The number of nitrogens with one attached hydrogen (secondary N) is 1. The molecule has 2 N–H and O–H groups in total. The summed E-state index contributed by atoms with van der Waals surface area (Å²) >= 11 is 0. The summed E-state index contributed by atoms with van der Waals surface area (Å²) in [6.07, 6.45) is -4.46. The molecule has 1 aromatic heterocycles. The Balaban J connectivity index is 2.07. The second-order valence-corrected chi connectivity index (χ2v) is 6.14. The summed E-state index contributed by atoms with van der Waals surface area (Å²) in [7, 11) is 0. The molecule has 0 aliphatic heterocycles. The Hall–Kier alpha value is -2.76. The monoisotopic (exact) mass is 346 g/mol. The van der Waals surface area contributed by atoms with Crippen LogP contribution in [0.25, 0.3) is 22.5 Å². The molecule has 0 radical (unpaired) electrons. The average molecular weight is 346 g/mol. The van der Waals surface area contributed by atoms with Crippen molar-refractivity contribution in [2.45, 2.75) is 25.9 Å². The van der Waals surface area contributed by atoms with Crippen molar-refractivity contribution in [1.29, 1.82) is 0 Å². The second-order valence-electron chi connectivity index (χ2n) is 6.14. The molecule has 3 rings (SSSR count). The zero-order valence-corrected chi connectivity index (χ0v) is 13.7. The molecule has 0 bridgehead atoms. The van der Waals surface area contributed by atoms with Gasteiger partial charge in [-0.25, -0.2) is 0 Å². The number of aromatic nitrogens is 2. The largest absolute Gasteiger partial charge is 0.507 e. The van der Waals surface area contributed by atoms with Crippen molar-refractivity contribution in [2.24, 2.45) is 0 Å². The Morgan fingerprint density at radius 3 is 2.40 bits per heavy atom. The van der Waals surface area contributed by atoms with E-state index < -0.39 is 11.7 Å². The summed E-state index contributed by atoms with van der Waals surface area (Å²) in [5, 5.41) is 16.8. The zero-order valence-electron chi connectivity index (χ0n) is 13.7. The number of phenols is 1. The van der Waals surface area contributed by atoms with Gasteiger partial charge in [0.1, 0.15) is 5.75 Å². The van der Waals surface area contributed by atoms with Gasteiger partial charge in [0, 0.05) is 11.1 Å². The summed E-state index contributed by atoms with van der Waals surface area (Å²) in [4.78, 5) is 0. The first kappa shape index (κ1) is 17.1. The van der Waals surface area contributed by atoms with Crippen LogP contribution in [-0.4, -0.2) is 15.3 Å². The molecule has 3 aromatic rings. The van der Waals surface area contributed by atoms with Crippen molar-refractivity contribution < 1.29 is 18.3 Å². The minimum Gasteiger partial charge on any atom is -0.507 e. The van der Waals surface area contributed by atoms with E-state index in [9.17, 15) is 18.3 Å². The van der Waals surface area contributed by atoms with E-state index in [1.807, 2.05) is 19.9 Å². The summed E-state index contributed by atoms with van der Waals surface area (Å²) in [5.74, 6) is 0.287. The van der Waals surface area contributed by atoms with Crippen LogP contribution in [0.1, 0.15) is 30.9 Å². The SMILES string of the molecule is CC(C)c1ccc(O)c(-c2cc(-c3ccccc3C(F)(F)F)[nH]n2)c1. The normalized spacial score (nSPS) is 11.9. The Kier molecular flexibility index (Phi) is 4.29. The molecule has 6 heteroatoms. The van der Waals surface area contributed by atoms with Crippen LogP contribution < -0.4 is 0 Å². The maximum atomic E-state index is 13.2. The molecule has 2 aromatic carbocycles. The lowest BCUT2D eigenvalue weighted by Crippen LogP contribution is -2.06. The topological polar surface area (TPSA) is 48.9 Å². The van der Waals surface area contributed by atoms with E-state index in [2.05, 4.69) is 10.2 Å². The number of aromatic amines is 1. The van der Waals surface area contributed by atoms with Crippen LogP contribution in [0.2, 0.25) is 0 Å². The zero-order chi connectivity index (χ0) is 18.2. The van der Waals surface area contributed by atoms with E-state index in [1.165, 1.54) is 18.2 Å². The minimum atomic E-state index is -4.46. The van der Waals surface area contributed by atoms with Crippen LogP contribution in [0.4, 0.5) is 13.2 Å². The van der Waals surface area contributed by atoms with E-state index in [-0.39, 0.29) is 22.9 Å². The predicted molar refractivity (Wildman–Crippen MR) is 90.2 cm³/mol.